The molecule has 0 saturated heterocycles. The van der Waals surface area contributed by atoms with Crippen molar-refractivity contribution in [3.63, 3.8) is 0 Å². The molecule has 0 unspecified atom stereocenters. The summed E-state index contributed by atoms with van der Waals surface area (Å²) in [6, 6.07) is 21.6. The van der Waals surface area contributed by atoms with Crippen LogP contribution in [0.4, 0.5) is 0 Å². The maximum Gasteiger partial charge on any atom is 0.261 e. The third kappa shape index (κ3) is 4.17. The topological polar surface area (TPSA) is 29.5 Å². The minimum atomic E-state index is -2.46. The fraction of sp³-hybridized carbons (Fsp3) is 0.440. The zero-order valence-corrected chi connectivity index (χ0v) is 18.5. The normalized spacial score (nSPS) is 23.4. The van der Waals surface area contributed by atoms with Crippen LogP contribution in [0.5, 0.6) is 0 Å². The second-order valence-electron chi connectivity index (χ2n) is 9.23. The van der Waals surface area contributed by atoms with E-state index < -0.39 is 13.9 Å². The summed E-state index contributed by atoms with van der Waals surface area (Å²) in [7, 11) is -2.46. The molecular formula is C25H34O2Si. The average Bonchev–Trinajstić information content (AvgIpc) is 2.70. The first kappa shape index (κ1) is 21.0. The molecular weight excluding hydrogens is 360 g/mol. The van der Waals surface area contributed by atoms with E-state index in [4.69, 9.17) is 4.43 Å². The lowest BCUT2D eigenvalue weighted by Crippen LogP contribution is -2.67. The van der Waals surface area contributed by atoms with Crippen LogP contribution in [-0.2, 0) is 4.43 Å². The van der Waals surface area contributed by atoms with Crippen molar-refractivity contribution < 1.29 is 9.53 Å². The number of hydrogen-bond acceptors (Lipinski definition) is 2. The molecule has 0 heterocycles. The summed E-state index contributed by atoms with van der Waals surface area (Å²) in [5.41, 5.74) is -0.687. The second kappa shape index (κ2) is 8.36. The highest BCUT2D eigenvalue weighted by Crippen LogP contribution is 2.39. The van der Waals surface area contributed by atoms with Gasteiger partial charge in [0.15, 0.2) is 0 Å². The molecule has 0 amide bonds. The van der Waals surface area contributed by atoms with Gasteiger partial charge in [0, 0.05) is 6.61 Å². The van der Waals surface area contributed by atoms with E-state index in [0.29, 0.717) is 5.92 Å². The minimum Gasteiger partial charge on any atom is -0.407 e. The van der Waals surface area contributed by atoms with Crippen molar-refractivity contribution in [1.29, 1.82) is 0 Å². The molecule has 0 bridgehead atoms. The third-order valence-electron chi connectivity index (χ3n) is 6.30. The summed E-state index contributed by atoms with van der Waals surface area (Å²) < 4.78 is 7.04. The van der Waals surface area contributed by atoms with E-state index in [0.717, 1.165) is 32.3 Å². The Balaban J connectivity index is 1.92. The fourth-order valence-corrected chi connectivity index (χ4v) is 9.19. The smallest absolute Gasteiger partial charge is 0.261 e. The largest absolute Gasteiger partial charge is 0.407 e. The molecule has 1 aliphatic carbocycles. The molecule has 0 aliphatic heterocycles. The van der Waals surface area contributed by atoms with Gasteiger partial charge in [-0.3, -0.25) is 0 Å². The Morgan fingerprint density at radius 3 is 1.86 bits per heavy atom. The van der Waals surface area contributed by atoms with Crippen LogP contribution in [0.3, 0.4) is 0 Å². The molecule has 0 spiro atoms. The summed E-state index contributed by atoms with van der Waals surface area (Å²) in [5.74, 6) is 0.488. The Kier molecular flexibility index (Phi) is 6.28. The molecule has 2 aromatic rings. The van der Waals surface area contributed by atoms with E-state index in [1.807, 2.05) is 0 Å². The number of hydrogen-bond donors (Lipinski definition) is 1. The van der Waals surface area contributed by atoms with Gasteiger partial charge in [0.25, 0.3) is 8.32 Å². The maximum absolute atomic E-state index is 10.5. The van der Waals surface area contributed by atoms with Gasteiger partial charge in [-0.25, -0.2) is 0 Å². The highest BCUT2D eigenvalue weighted by Gasteiger charge is 2.50. The summed E-state index contributed by atoms with van der Waals surface area (Å²) in [6.07, 6.45) is 5.25. The second-order valence-corrected chi connectivity index (χ2v) is 13.5. The van der Waals surface area contributed by atoms with Gasteiger partial charge in [0.2, 0.25) is 0 Å². The van der Waals surface area contributed by atoms with Crippen molar-refractivity contribution in [3.8, 4) is 0 Å². The van der Waals surface area contributed by atoms with Crippen LogP contribution < -0.4 is 10.4 Å². The number of aliphatic hydroxyl groups is 1. The lowest BCUT2D eigenvalue weighted by molar-refractivity contribution is 0.0262. The van der Waals surface area contributed by atoms with Crippen LogP contribution in [0.25, 0.3) is 0 Å². The third-order valence-corrected chi connectivity index (χ3v) is 11.3. The van der Waals surface area contributed by atoms with Crippen LogP contribution in [0.1, 0.15) is 46.5 Å². The van der Waals surface area contributed by atoms with Gasteiger partial charge in [0.1, 0.15) is 0 Å². The van der Waals surface area contributed by atoms with E-state index in [1.165, 1.54) is 10.4 Å². The van der Waals surface area contributed by atoms with E-state index in [-0.39, 0.29) is 5.04 Å². The molecule has 2 aromatic carbocycles. The predicted octanol–water partition coefficient (Wildman–Crippen LogP) is 4.67. The van der Waals surface area contributed by atoms with Gasteiger partial charge < -0.3 is 9.53 Å². The molecule has 3 heteroatoms. The molecule has 0 aromatic heterocycles. The zero-order valence-electron chi connectivity index (χ0n) is 17.5. The molecule has 1 fully saturated rings. The first-order chi connectivity index (χ1) is 13.3. The minimum absolute atomic E-state index is 0.00618. The maximum atomic E-state index is 10.5. The van der Waals surface area contributed by atoms with Gasteiger partial charge in [-0.1, -0.05) is 87.5 Å². The lowest BCUT2D eigenvalue weighted by Gasteiger charge is -2.44. The summed E-state index contributed by atoms with van der Waals surface area (Å²) >= 11 is 0. The summed E-state index contributed by atoms with van der Waals surface area (Å²) in [5, 5.41) is 13.1. The molecule has 0 radical (unpaired) electrons. The molecule has 3 rings (SSSR count). The number of rotatable bonds is 6. The molecule has 1 aliphatic rings. The van der Waals surface area contributed by atoms with Gasteiger partial charge in [-0.05, 0) is 47.0 Å². The SMILES string of the molecule is C=C[C@]1(O)CC[C@@H](CO[Si](c2ccccc2)(c2ccccc2)C(C)(C)C)CC1. The zero-order chi connectivity index (χ0) is 20.3. The van der Waals surface area contributed by atoms with Crippen molar-refractivity contribution in [1.82, 2.24) is 0 Å². The Hall–Kier alpha value is -1.68. The fourth-order valence-electron chi connectivity index (χ4n) is 4.55. The molecule has 1 N–H and O–H groups in total. The van der Waals surface area contributed by atoms with Crippen LogP contribution >= 0.6 is 0 Å². The quantitative estimate of drug-likeness (QED) is 0.570. The highest BCUT2D eigenvalue weighted by atomic mass is 28.4. The van der Waals surface area contributed by atoms with Crippen LogP contribution in [-0.4, -0.2) is 25.6 Å². The van der Waals surface area contributed by atoms with Crippen LogP contribution in [0, 0.1) is 5.92 Å². The lowest BCUT2D eigenvalue weighted by atomic mass is 9.79. The molecule has 1 saturated carbocycles. The Morgan fingerprint density at radius 1 is 1.00 bits per heavy atom. The first-order valence-corrected chi connectivity index (χ1v) is 12.3. The predicted molar refractivity (Wildman–Crippen MR) is 121 cm³/mol. The molecule has 28 heavy (non-hydrogen) atoms. The van der Waals surface area contributed by atoms with E-state index in [2.05, 4.69) is 88.0 Å². The van der Waals surface area contributed by atoms with E-state index in [1.54, 1.807) is 6.08 Å². The van der Waals surface area contributed by atoms with Gasteiger partial charge in [-0.15, -0.1) is 6.58 Å². The molecule has 150 valence electrons. The monoisotopic (exact) mass is 394 g/mol. The number of benzene rings is 2. The van der Waals surface area contributed by atoms with Gasteiger partial charge >= 0.3 is 0 Å². The van der Waals surface area contributed by atoms with Crippen molar-refractivity contribution in [2.75, 3.05) is 6.61 Å². The standard InChI is InChI=1S/C25H34O2Si/c1-5-25(26)18-16-21(17-19-25)20-27-28(24(2,3)4,22-12-8-6-9-13-22)23-14-10-7-11-15-23/h5-15,21,26H,1,16-20H2,2-4H3/t21-,25+. The van der Waals surface area contributed by atoms with Crippen molar-refractivity contribution in [2.24, 2.45) is 5.92 Å². The summed E-state index contributed by atoms with van der Waals surface area (Å²) in [6.45, 7) is 11.5. The van der Waals surface area contributed by atoms with Crippen LogP contribution in [0.15, 0.2) is 73.3 Å². The van der Waals surface area contributed by atoms with Crippen molar-refractivity contribution in [3.05, 3.63) is 73.3 Å². The van der Waals surface area contributed by atoms with Gasteiger partial charge in [-0.2, -0.15) is 0 Å². The highest BCUT2D eigenvalue weighted by molar-refractivity contribution is 6.99. The van der Waals surface area contributed by atoms with E-state index in [9.17, 15) is 5.11 Å². The summed E-state index contributed by atoms with van der Waals surface area (Å²) in [4.78, 5) is 0. The van der Waals surface area contributed by atoms with Crippen LogP contribution in [0.2, 0.25) is 5.04 Å². The molecule has 0 atom stereocenters. The molecule has 2 nitrogen and oxygen atoms in total. The Morgan fingerprint density at radius 2 is 1.46 bits per heavy atom. The average molecular weight is 395 g/mol. The Labute approximate surface area is 171 Å². The van der Waals surface area contributed by atoms with Gasteiger partial charge in [0.05, 0.1) is 5.60 Å². The first-order valence-electron chi connectivity index (χ1n) is 10.4. The Bertz CT molecular complexity index is 717. The van der Waals surface area contributed by atoms with Crippen molar-refractivity contribution >= 4 is 18.7 Å². The van der Waals surface area contributed by atoms with E-state index >= 15 is 0 Å². The van der Waals surface area contributed by atoms with Crippen molar-refractivity contribution in [2.45, 2.75) is 57.1 Å².